The number of amides is 2. The second-order valence-electron chi connectivity index (χ2n) is 10.4. The third-order valence-electron chi connectivity index (χ3n) is 5.46. The quantitative estimate of drug-likeness (QED) is 0.812. The highest BCUT2D eigenvalue weighted by atomic mass is 16.5. The van der Waals surface area contributed by atoms with Gasteiger partial charge in [0.15, 0.2) is 0 Å². The van der Waals surface area contributed by atoms with Gasteiger partial charge in [-0.05, 0) is 39.0 Å². The molecule has 3 rings (SSSR count). The van der Waals surface area contributed by atoms with Crippen molar-refractivity contribution in [1.29, 1.82) is 0 Å². The average Bonchev–Trinajstić information content (AvgIpc) is 3.19. The van der Waals surface area contributed by atoms with Crippen LogP contribution in [0.1, 0.15) is 78.5 Å². The normalized spacial score (nSPS) is 23.9. The summed E-state index contributed by atoms with van der Waals surface area (Å²) >= 11 is 0. The zero-order valence-electron chi connectivity index (χ0n) is 18.7. The standard InChI is InChI=1S/C21H35N5O3/c1-20(2,3)17(26-12-15(23-24-26)13-8-9-13)19(28)25-11-14(29-21(4,5)6)10-16(25)18(27)22-7/h12-14,16-17H,8-11H2,1-7H3,(H,22,27)/t14-,16+,17-/m1/s1. The molecular formula is C21H35N5O3. The Morgan fingerprint density at radius 3 is 2.38 bits per heavy atom. The fraction of sp³-hybridized carbons (Fsp3) is 0.810. The van der Waals surface area contributed by atoms with Crippen LogP contribution in [0.4, 0.5) is 0 Å². The van der Waals surface area contributed by atoms with E-state index in [0.29, 0.717) is 18.9 Å². The molecule has 2 fully saturated rings. The Kier molecular flexibility index (Phi) is 5.77. The van der Waals surface area contributed by atoms with Gasteiger partial charge in [-0.15, -0.1) is 5.10 Å². The van der Waals surface area contributed by atoms with Crippen molar-refractivity contribution in [2.75, 3.05) is 13.6 Å². The van der Waals surface area contributed by atoms with E-state index in [1.807, 2.05) is 47.7 Å². The van der Waals surface area contributed by atoms with Crippen molar-refractivity contribution in [3.63, 3.8) is 0 Å². The number of carbonyl (C=O) groups excluding carboxylic acids is 2. The number of ether oxygens (including phenoxy) is 1. The number of aromatic nitrogens is 3. The maximum absolute atomic E-state index is 13.7. The van der Waals surface area contributed by atoms with Crippen LogP contribution < -0.4 is 5.32 Å². The maximum Gasteiger partial charge on any atom is 0.248 e. The Labute approximate surface area is 173 Å². The Morgan fingerprint density at radius 1 is 1.21 bits per heavy atom. The molecule has 0 unspecified atom stereocenters. The first-order chi connectivity index (χ1) is 13.4. The Bertz CT molecular complexity index is 757. The summed E-state index contributed by atoms with van der Waals surface area (Å²) in [5.74, 6) is 0.191. The van der Waals surface area contributed by atoms with Crippen molar-refractivity contribution in [2.45, 2.75) is 90.5 Å². The molecule has 8 heteroatoms. The molecule has 29 heavy (non-hydrogen) atoms. The molecule has 1 aromatic heterocycles. The molecule has 1 saturated heterocycles. The number of rotatable bonds is 5. The molecule has 1 saturated carbocycles. The number of carbonyl (C=O) groups is 2. The van der Waals surface area contributed by atoms with Gasteiger partial charge in [0, 0.05) is 32.1 Å². The minimum atomic E-state index is -0.545. The summed E-state index contributed by atoms with van der Waals surface area (Å²) < 4.78 is 7.80. The molecule has 1 aliphatic carbocycles. The van der Waals surface area contributed by atoms with Crippen molar-refractivity contribution in [3.05, 3.63) is 11.9 Å². The van der Waals surface area contributed by atoms with Crippen LogP contribution in [0.15, 0.2) is 6.20 Å². The van der Waals surface area contributed by atoms with Crippen LogP contribution in [-0.4, -0.2) is 63.0 Å². The summed E-state index contributed by atoms with van der Waals surface area (Å²) in [6, 6.07) is -1.08. The first kappa shape index (κ1) is 21.7. The zero-order valence-corrected chi connectivity index (χ0v) is 18.7. The summed E-state index contributed by atoms with van der Waals surface area (Å²) in [4.78, 5) is 28.0. The van der Waals surface area contributed by atoms with Gasteiger partial charge in [-0.25, -0.2) is 4.68 Å². The van der Waals surface area contributed by atoms with Crippen LogP contribution in [0.5, 0.6) is 0 Å². The molecule has 0 radical (unpaired) electrons. The SMILES string of the molecule is CNC(=O)[C@@H]1C[C@@H](OC(C)(C)C)CN1C(=O)[C@@H](n1cc(C2CC2)nn1)C(C)(C)C. The van der Waals surface area contributed by atoms with Crippen LogP contribution >= 0.6 is 0 Å². The van der Waals surface area contributed by atoms with Crippen LogP contribution in [0.25, 0.3) is 0 Å². The fourth-order valence-corrected chi connectivity index (χ4v) is 4.06. The van der Waals surface area contributed by atoms with E-state index in [0.717, 1.165) is 18.5 Å². The van der Waals surface area contributed by atoms with Crippen molar-refractivity contribution in [2.24, 2.45) is 5.41 Å². The molecule has 0 spiro atoms. The molecule has 162 valence electrons. The van der Waals surface area contributed by atoms with Gasteiger partial charge in [0.1, 0.15) is 12.1 Å². The fourth-order valence-electron chi connectivity index (χ4n) is 4.06. The lowest BCUT2D eigenvalue weighted by atomic mass is 9.85. The van der Waals surface area contributed by atoms with Gasteiger partial charge in [-0.3, -0.25) is 9.59 Å². The molecule has 0 aromatic carbocycles. The van der Waals surface area contributed by atoms with E-state index in [1.54, 1.807) is 16.6 Å². The highest BCUT2D eigenvalue weighted by Crippen LogP contribution is 2.40. The molecular weight excluding hydrogens is 370 g/mol. The van der Waals surface area contributed by atoms with E-state index >= 15 is 0 Å². The maximum atomic E-state index is 13.7. The van der Waals surface area contributed by atoms with E-state index < -0.39 is 12.1 Å². The van der Waals surface area contributed by atoms with E-state index in [9.17, 15) is 9.59 Å². The van der Waals surface area contributed by atoms with Gasteiger partial charge in [0.25, 0.3) is 0 Å². The molecule has 0 bridgehead atoms. The van der Waals surface area contributed by atoms with Gasteiger partial charge >= 0.3 is 0 Å². The Hall–Kier alpha value is -1.96. The molecule has 3 atom stereocenters. The predicted octanol–water partition coefficient (Wildman–Crippen LogP) is 2.27. The first-order valence-electron chi connectivity index (χ1n) is 10.5. The lowest BCUT2D eigenvalue weighted by molar-refractivity contribution is -0.144. The first-order valence-corrected chi connectivity index (χ1v) is 10.5. The third-order valence-corrected chi connectivity index (χ3v) is 5.46. The van der Waals surface area contributed by atoms with Gasteiger partial charge in [-0.2, -0.15) is 0 Å². The second kappa shape index (κ2) is 7.70. The van der Waals surface area contributed by atoms with Crippen LogP contribution in [0, 0.1) is 5.41 Å². The monoisotopic (exact) mass is 405 g/mol. The van der Waals surface area contributed by atoms with Crippen molar-refractivity contribution >= 4 is 11.8 Å². The topological polar surface area (TPSA) is 89.4 Å². The van der Waals surface area contributed by atoms with Crippen LogP contribution in [0.3, 0.4) is 0 Å². The van der Waals surface area contributed by atoms with E-state index in [-0.39, 0.29) is 28.9 Å². The predicted molar refractivity (Wildman–Crippen MR) is 109 cm³/mol. The summed E-state index contributed by atoms with van der Waals surface area (Å²) in [7, 11) is 1.60. The summed E-state index contributed by atoms with van der Waals surface area (Å²) in [6.45, 7) is 12.4. The number of likely N-dealkylation sites (N-methyl/N-ethyl adjacent to an activating group) is 1. The molecule has 1 N–H and O–H groups in total. The number of hydrogen-bond acceptors (Lipinski definition) is 5. The summed E-state index contributed by atoms with van der Waals surface area (Å²) in [5, 5.41) is 11.3. The van der Waals surface area contributed by atoms with Gasteiger partial charge in [-0.1, -0.05) is 26.0 Å². The number of hydrogen-bond donors (Lipinski definition) is 1. The second-order valence-corrected chi connectivity index (χ2v) is 10.4. The molecule has 2 heterocycles. The van der Waals surface area contributed by atoms with E-state index in [2.05, 4.69) is 15.6 Å². The number of nitrogens with one attached hydrogen (secondary N) is 1. The molecule has 2 amide bonds. The van der Waals surface area contributed by atoms with Gasteiger partial charge in [0.05, 0.1) is 17.4 Å². The Morgan fingerprint density at radius 2 is 1.86 bits per heavy atom. The largest absolute Gasteiger partial charge is 0.371 e. The highest BCUT2D eigenvalue weighted by molar-refractivity contribution is 5.90. The average molecular weight is 406 g/mol. The minimum absolute atomic E-state index is 0.113. The van der Waals surface area contributed by atoms with Crippen molar-refractivity contribution < 1.29 is 14.3 Å². The molecule has 2 aliphatic rings. The number of likely N-dealkylation sites (tertiary alicyclic amines) is 1. The number of nitrogens with zero attached hydrogens (tertiary/aromatic N) is 4. The van der Waals surface area contributed by atoms with Crippen molar-refractivity contribution in [1.82, 2.24) is 25.2 Å². The van der Waals surface area contributed by atoms with Gasteiger partial charge in [0.2, 0.25) is 11.8 Å². The highest BCUT2D eigenvalue weighted by Gasteiger charge is 2.46. The summed E-state index contributed by atoms with van der Waals surface area (Å²) in [6.07, 6.45) is 4.47. The Balaban J connectivity index is 1.88. The lowest BCUT2D eigenvalue weighted by Crippen LogP contribution is -2.49. The van der Waals surface area contributed by atoms with Gasteiger partial charge < -0.3 is 15.0 Å². The minimum Gasteiger partial charge on any atom is -0.371 e. The molecule has 1 aliphatic heterocycles. The van der Waals surface area contributed by atoms with Crippen LogP contribution in [-0.2, 0) is 14.3 Å². The van der Waals surface area contributed by atoms with E-state index in [1.165, 1.54) is 0 Å². The smallest absolute Gasteiger partial charge is 0.248 e. The summed E-state index contributed by atoms with van der Waals surface area (Å²) in [5.41, 5.74) is 0.220. The van der Waals surface area contributed by atoms with Crippen molar-refractivity contribution in [3.8, 4) is 0 Å². The zero-order chi connectivity index (χ0) is 21.6. The molecule has 1 aromatic rings. The molecule has 8 nitrogen and oxygen atoms in total. The van der Waals surface area contributed by atoms with E-state index in [4.69, 9.17) is 4.74 Å². The third kappa shape index (κ3) is 4.97. The lowest BCUT2D eigenvalue weighted by Gasteiger charge is -2.34. The van der Waals surface area contributed by atoms with Crippen LogP contribution in [0.2, 0.25) is 0 Å².